The van der Waals surface area contributed by atoms with Gasteiger partial charge in [0, 0.05) is 40.1 Å². The monoisotopic (exact) mass is 407 g/mol. The second kappa shape index (κ2) is 8.34. The second-order valence-electron chi connectivity index (χ2n) is 9.48. The molecule has 0 aliphatic carbocycles. The molecule has 2 aromatic carbocycles. The van der Waals surface area contributed by atoms with Crippen LogP contribution in [0.4, 0.5) is 0 Å². The molecule has 2 aromatic rings. The van der Waals surface area contributed by atoms with Gasteiger partial charge in [0.25, 0.3) is 11.8 Å². The van der Waals surface area contributed by atoms with Crippen molar-refractivity contribution in [1.29, 1.82) is 0 Å². The van der Waals surface area contributed by atoms with E-state index in [4.69, 9.17) is 0 Å². The highest BCUT2D eigenvalue weighted by atomic mass is 16.2. The number of benzene rings is 2. The molecular weight excluding hydrogens is 378 g/mol. The average molecular weight is 408 g/mol. The number of hydrogen-bond donors (Lipinski definition) is 0. The Balaban J connectivity index is 2.17. The average Bonchev–Trinajstić information content (AvgIpc) is 2.70. The maximum Gasteiger partial charge on any atom is 0.260 e. The molecule has 0 aliphatic rings. The molecule has 0 heterocycles. The van der Waals surface area contributed by atoms with Gasteiger partial charge in [-0.05, 0) is 24.3 Å². The molecule has 0 aromatic heterocycles. The number of hydrogen-bond acceptors (Lipinski definition) is 4. The Morgan fingerprint density at radius 1 is 0.533 bits per heavy atom. The van der Waals surface area contributed by atoms with E-state index >= 15 is 0 Å². The van der Waals surface area contributed by atoms with Crippen molar-refractivity contribution in [3.63, 3.8) is 0 Å². The van der Waals surface area contributed by atoms with Gasteiger partial charge in [-0.15, -0.1) is 0 Å². The van der Waals surface area contributed by atoms with E-state index in [9.17, 15) is 19.2 Å². The molecule has 0 aliphatic heterocycles. The largest absolute Gasteiger partial charge is 0.294 e. The predicted molar refractivity (Wildman–Crippen MR) is 117 cm³/mol. The van der Waals surface area contributed by atoms with Crippen molar-refractivity contribution in [3.8, 4) is 0 Å². The molecule has 30 heavy (non-hydrogen) atoms. The summed E-state index contributed by atoms with van der Waals surface area (Å²) in [5.74, 6) is -0.971. The molecule has 158 valence electrons. The first kappa shape index (κ1) is 23.2. The number of amides is 2. The zero-order chi connectivity index (χ0) is 22.9. The fourth-order valence-corrected chi connectivity index (χ4v) is 2.87. The Morgan fingerprint density at radius 2 is 0.767 bits per heavy atom. The third-order valence-electron chi connectivity index (χ3n) is 4.76. The van der Waals surface area contributed by atoms with Crippen LogP contribution in [0.2, 0.25) is 0 Å². The molecule has 0 saturated carbocycles. The Kier molecular flexibility index (Phi) is 6.45. The van der Waals surface area contributed by atoms with Crippen LogP contribution in [-0.2, 0) is 0 Å². The summed E-state index contributed by atoms with van der Waals surface area (Å²) in [6.45, 7) is 11.0. The Morgan fingerprint density at radius 3 is 1.00 bits per heavy atom. The molecule has 2 amide bonds. The molecule has 0 radical (unpaired) electrons. The molecule has 0 N–H and O–H groups in total. The van der Waals surface area contributed by atoms with E-state index in [0.717, 1.165) is 4.90 Å². The fraction of sp³-hybridized carbons (Fsp3) is 0.360. The van der Waals surface area contributed by atoms with Crippen molar-refractivity contribution < 1.29 is 19.2 Å². The van der Waals surface area contributed by atoms with Crippen molar-refractivity contribution >= 4 is 23.4 Å². The van der Waals surface area contributed by atoms with Crippen LogP contribution in [0.3, 0.4) is 0 Å². The normalized spacial score (nSPS) is 11.7. The molecule has 0 atom stereocenters. The lowest BCUT2D eigenvalue weighted by atomic mass is 9.86. The summed E-state index contributed by atoms with van der Waals surface area (Å²) in [6, 6.07) is 12.6. The highest BCUT2D eigenvalue weighted by Crippen LogP contribution is 2.22. The molecule has 0 spiro atoms. The van der Waals surface area contributed by atoms with Gasteiger partial charge in [-0.3, -0.25) is 24.1 Å². The maximum absolute atomic E-state index is 12.7. The van der Waals surface area contributed by atoms with Gasteiger partial charge in [0.2, 0.25) is 0 Å². The van der Waals surface area contributed by atoms with Crippen LogP contribution in [0, 0.1) is 10.8 Å². The lowest BCUT2D eigenvalue weighted by molar-refractivity contribution is 0.0654. The minimum atomic E-state index is -0.515. The highest BCUT2D eigenvalue weighted by molar-refractivity contribution is 6.11. The van der Waals surface area contributed by atoms with Gasteiger partial charge in [-0.25, -0.2) is 0 Å². The Bertz CT molecular complexity index is 890. The summed E-state index contributed by atoms with van der Waals surface area (Å²) in [5.41, 5.74) is 0.642. The molecule has 2 rings (SSSR count). The number of nitrogens with zero attached hydrogens (tertiary/aromatic N) is 1. The van der Waals surface area contributed by atoms with Gasteiger partial charge < -0.3 is 0 Å². The third-order valence-corrected chi connectivity index (χ3v) is 4.76. The van der Waals surface area contributed by atoms with Crippen LogP contribution in [0.25, 0.3) is 0 Å². The van der Waals surface area contributed by atoms with Crippen LogP contribution in [0.15, 0.2) is 48.5 Å². The molecule has 0 bridgehead atoms. The summed E-state index contributed by atoms with van der Waals surface area (Å²) >= 11 is 0. The quantitative estimate of drug-likeness (QED) is 0.525. The lowest BCUT2D eigenvalue weighted by Gasteiger charge is -2.18. The fourth-order valence-electron chi connectivity index (χ4n) is 2.87. The Labute approximate surface area is 178 Å². The molecule has 5 nitrogen and oxygen atoms in total. The lowest BCUT2D eigenvalue weighted by Crippen LogP contribution is -2.33. The van der Waals surface area contributed by atoms with Crippen molar-refractivity contribution in [2.45, 2.75) is 41.5 Å². The predicted octanol–water partition coefficient (Wildman–Crippen LogP) is 5.06. The van der Waals surface area contributed by atoms with Crippen molar-refractivity contribution in [2.24, 2.45) is 10.8 Å². The number of imide groups is 1. The Hall–Kier alpha value is -3.08. The minimum Gasteiger partial charge on any atom is -0.294 e. The van der Waals surface area contributed by atoms with Crippen LogP contribution in [0.1, 0.15) is 83.0 Å². The highest BCUT2D eigenvalue weighted by Gasteiger charge is 2.25. The number of Topliss-reactive ketones (excluding diaryl/α,β-unsaturated/α-hetero) is 2. The minimum absolute atomic E-state index is 0.0178. The summed E-state index contributed by atoms with van der Waals surface area (Å²) in [4.78, 5) is 51.1. The standard InChI is InChI=1S/C25H29NO4/c1-24(2,3)20(27)16-8-12-18(13-9-16)22(29)26(7)23(30)19-14-10-17(11-15-19)21(28)25(4,5)6/h8-15H,1-7H3. The second-order valence-corrected chi connectivity index (χ2v) is 9.48. The smallest absolute Gasteiger partial charge is 0.260 e. The van der Waals surface area contributed by atoms with E-state index in [0.29, 0.717) is 22.3 Å². The van der Waals surface area contributed by atoms with Crippen LogP contribution >= 0.6 is 0 Å². The summed E-state index contributed by atoms with van der Waals surface area (Å²) in [7, 11) is 1.41. The van der Waals surface area contributed by atoms with E-state index in [-0.39, 0.29) is 11.6 Å². The van der Waals surface area contributed by atoms with Crippen molar-refractivity contribution in [3.05, 3.63) is 70.8 Å². The van der Waals surface area contributed by atoms with Gasteiger partial charge in [0.15, 0.2) is 11.6 Å². The first-order valence-corrected chi connectivity index (χ1v) is 9.85. The van der Waals surface area contributed by atoms with Crippen LogP contribution in [0.5, 0.6) is 0 Å². The van der Waals surface area contributed by atoms with Gasteiger partial charge in [0.1, 0.15) is 0 Å². The van der Waals surface area contributed by atoms with Gasteiger partial charge in [-0.2, -0.15) is 0 Å². The van der Waals surface area contributed by atoms with Gasteiger partial charge in [-0.1, -0.05) is 65.8 Å². The van der Waals surface area contributed by atoms with Crippen molar-refractivity contribution in [1.82, 2.24) is 4.90 Å². The number of carbonyl (C=O) groups is 4. The van der Waals surface area contributed by atoms with Crippen LogP contribution < -0.4 is 0 Å². The summed E-state index contributed by atoms with van der Waals surface area (Å²) in [6.07, 6.45) is 0. The molecule has 0 fully saturated rings. The van der Waals surface area contributed by atoms with E-state index < -0.39 is 22.6 Å². The van der Waals surface area contributed by atoms with E-state index in [1.54, 1.807) is 48.5 Å². The summed E-state index contributed by atoms with van der Waals surface area (Å²) in [5, 5.41) is 0. The molecule has 0 unspecified atom stereocenters. The zero-order valence-corrected chi connectivity index (χ0v) is 18.7. The van der Waals surface area contributed by atoms with E-state index in [1.807, 2.05) is 41.5 Å². The first-order chi connectivity index (χ1) is 13.7. The maximum atomic E-state index is 12.7. The van der Waals surface area contributed by atoms with E-state index in [1.165, 1.54) is 7.05 Å². The van der Waals surface area contributed by atoms with E-state index in [2.05, 4.69) is 0 Å². The molecular formula is C25H29NO4. The SMILES string of the molecule is CN(C(=O)c1ccc(C(=O)C(C)(C)C)cc1)C(=O)c1ccc(C(=O)C(C)(C)C)cc1. The zero-order valence-electron chi connectivity index (χ0n) is 18.7. The topological polar surface area (TPSA) is 71.5 Å². The van der Waals surface area contributed by atoms with Crippen molar-refractivity contribution in [2.75, 3.05) is 7.05 Å². The molecule has 0 saturated heterocycles. The van der Waals surface area contributed by atoms with Gasteiger partial charge in [0.05, 0.1) is 0 Å². The molecule has 5 heteroatoms. The number of carbonyl (C=O) groups excluding carboxylic acids is 4. The third kappa shape index (κ3) is 5.09. The summed E-state index contributed by atoms with van der Waals surface area (Å²) < 4.78 is 0. The first-order valence-electron chi connectivity index (χ1n) is 9.85. The van der Waals surface area contributed by atoms with Crippen LogP contribution in [-0.4, -0.2) is 35.3 Å². The number of rotatable bonds is 4. The number of ketones is 2. The van der Waals surface area contributed by atoms with Gasteiger partial charge >= 0.3 is 0 Å².